The zero-order valence-corrected chi connectivity index (χ0v) is 20.0. The number of hydrogen-bond donors (Lipinski definition) is 1. The van der Waals surface area contributed by atoms with Crippen LogP contribution in [0.5, 0.6) is 5.88 Å². The molecule has 0 aliphatic carbocycles. The lowest BCUT2D eigenvalue weighted by Crippen LogP contribution is -2.55. The summed E-state index contributed by atoms with van der Waals surface area (Å²) in [5.41, 5.74) is 0.642. The van der Waals surface area contributed by atoms with Crippen LogP contribution >= 0.6 is 0 Å². The Morgan fingerprint density at radius 1 is 1.35 bits per heavy atom. The van der Waals surface area contributed by atoms with Gasteiger partial charge in [-0.2, -0.15) is 9.29 Å². The molecule has 4 aromatic rings. The Kier molecular flexibility index (Phi) is 5.29. The molecule has 1 unspecified atom stereocenters. The molecule has 1 aromatic carbocycles. The van der Waals surface area contributed by atoms with Crippen molar-refractivity contribution in [3.8, 4) is 17.0 Å². The molecule has 0 saturated carbocycles. The fourth-order valence-electron chi connectivity index (χ4n) is 4.32. The van der Waals surface area contributed by atoms with Gasteiger partial charge in [-0.15, -0.1) is 10.2 Å². The van der Waals surface area contributed by atoms with Crippen LogP contribution in [0.15, 0.2) is 24.4 Å². The van der Waals surface area contributed by atoms with Crippen molar-refractivity contribution in [1.82, 2.24) is 33.9 Å². The molecule has 1 fully saturated rings. The number of sulfonamides is 1. The maximum absolute atomic E-state index is 15.4. The second kappa shape index (κ2) is 9.09. The van der Waals surface area contributed by atoms with E-state index >= 15 is 4.39 Å². The summed E-state index contributed by atoms with van der Waals surface area (Å²) in [5, 5.41) is 14.2. The highest BCUT2D eigenvalue weighted by Gasteiger charge is 2.47. The second-order valence-corrected chi connectivity index (χ2v) is 10.5. The third kappa shape index (κ3) is 4.54. The monoisotopic (exact) mass is 545 g/mol. The SMILES string of the molecule is [2H]C([2H])([2H])Oc1nc(NC2CCN(S(C)(=O)=O)CC2(F)F)nn2cc(F)c(-c3ccc4nnn(CCF)c4c3)c12. The molecule has 16 heteroatoms. The van der Waals surface area contributed by atoms with Crippen molar-refractivity contribution >= 4 is 32.5 Å². The number of benzene rings is 1. The van der Waals surface area contributed by atoms with Crippen LogP contribution in [0, 0.1) is 5.82 Å². The Morgan fingerprint density at radius 3 is 2.86 bits per heavy atom. The molecule has 1 aliphatic heterocycles. The zero-order valence-electron chi connectivity index (χ0n) is 22.2. The Hall–Kier alpha value is -3.53. The van der Waals surface area contributed by atoms with Crippen LogP contribution in [0.4, 0.5) is 23.5 Å². The number of methoxy groups -OCH3 is 1. The summed E-state index contributed by atoms with van der Waals surface area (Å²) in [7, 11) is -6.91. The van der Waals surface area contributed by atoms with Gasteiger partial charge in [-0.05, 0) is 24.1 Å². The van der Waals surface area contributed by atoms with Crippen molar-refractivity contribution in [2.45, 2.75) is 24.9 Å². The topological polar surface area (TPSA) is 120 Å². The molecule has 1 atom stereocenters. The Labute approximate surface area is 212 Å². The number of fused-ring (bicyclic) bond motifs is 2. The van der Waals surface area contributed by atoms with E-state index in [9.17, 15) is 21.6 Å². The number of piperidine rings is 1. The maximum Gasteiger partial charge on any atom is 0.281 e. The van der Waals surface area contributed by atoms with Gasteiger partial charge in [0.25, 0.3) is 5.92 Å². The lowest BCUT2D eigenvalue weighted by atomic mass is 10.0. The molecule has 3 aromatic heterocycles. The summed E-state index contributed by atoms with van der Waals surface area (Å²) in [6.45, 7) is -2.11. The lowest BCUT2D eigenvalue weighted by molar-refractivity contribution is -0.0541. The van der Waals surface area contributed by atoms with E-state index in [1.54, 1.807) is 0 Å². The fourth-order valence-corrected chi connectivity index (χ4v) is 5.16. The first-order valence-electron chi connectivity index (χ1n) is 12.4. The van der Waals surface area contributed by atoms with Gasteiger partial charge in [-0.25, -0.2) is 35.2 Å². The van der Waals surface area contributed by atoms with Gasteiger partial charge in [0.15, 0.2) is 5.82 Å². The predicted molar refractivity (Wildman–Crippen MR) is 125 cm³/mol. The third-order valence-corrected chi connectivity index (χ3v) is 7.33. The number of ether oxygens (including phenoxy) is 1. The number of rotatable bonds is 7. The fraction of sp³-hybridized carbons (Fsp3) is 0.429. The van der Waals surface area contributed by atoms with Crippen LogP contribution in [0.1, 0.15) is 10.5 Å². The summed E-state index contributed by atoms with van der Waals surface area (Å²) >= 11 is 0. The quantitative estimate of drug-likeness (QED) is 0.352. The van der Waals surface area contributed by atoms with E-state index in [1.807, 2.05) is 0 Å². The molecule has 1 aliphatic rings. The molecule has 37 heavy (non-hydrogen) atoms. The van der Waals surface area contributed by atoms with Gasteiger partial charge in [0, 0.05) is 6.54 Å². The van der Waals surface area contributed by atoms with Crippen LogP contribution in [0.2, 0.25) is 0 Å². The van der Waals surface area contributed by atoms with Crippen molar-refractivity contribution in [1.29, 1.82) is 0 Å². The Balaban J connectivity index is 1.58. The van der Waals surface area contributed by atoms with Crippen LogP contribution in [0.3, 0.4) is 0 Å². The molecule has 0 bridgehead atoms. The van der Waals surface area contributed by atoms with Crippen LogP contribution in [-0.2, 0) is 16.6 Å². The van der Waals surface area contributed by atoms with Gasteiger partial charge < -0.3 is 10.1 Å². The Morgan fingerprint density at radius 2 is 2.16 bits per heavy atom. The lowest BCUT2D eigenvalue weighted by Gasteiger charge is -2.37. The maximum atomic E-state index is 15.4. The highest BCUT2D eigenvalue weighted by molar-refractivity contribution is 7.88. The summed E-state index contributed by atoms with van der Waals surface area (Å²) in [6, 6.07) is 2.86. The van der Waals surface area contributed by atoms with Gasteiger partial charge in [-0.3, -0.25) is 0 Å². The molecule has 0 radical (unpaired) electrons. The summed E-state index contributed by atoms with van der Waals surface area (Å²) in [4.78, 5) is 3.98. The first-order chi connectivity index (χ1) is 18.7. The van der Waals surface area contributed by atoms with Crippen molar-refractivity contribution < 1.29 is 34.8 Å². The number of aryl methyl sites for hydroxylation is 1. The molecule has 0 spiro atoms. The van der Waals surface area contributed by atoms with E-state index in [2.05, 4.69) is 25.7 Å². The minimum atomic E-state index is -3.86. The highest BCUT2D eigenvalue weighted by Crippen LogP contribution is 2.36. The largest absolute Gasteiger partial charge is 0.479 e. The molecule has 4 heterocycles. The predicted octanol–water partition coefficient (Wildman–Crippen LogP) is 2.34. The number of hydrogen-bond acceptors (Lipinski definition) is 8. The molecule has 1 saturated heterocycles. The van der Waals surface area contributed by atoms with Gasteiger partial charge >= 0.3 is 0 Å². The van der Waals surface area contributed by atoms with Crippen molar-refractivity contribution in [2.24, 2.45) is 0 Å². The highest BCUT2D eigenvalue weighted by atomic mass is 32.2. The van der Waals surface area contributed by atoms with E-state index < -0.39 is 59.9 Å². The number of halogens is 4. The molecule has 1 N–H and O–H groups in total. The summed E-state index contributed by atoms with van der Waals surface area (Å²) in [5.74, 6) is -5.52. The first-order valence-corrected chi connectivity index (χ1v) is 12.8. The third-order valence-electron chi connectivity index (χ3n) is 6.08. The van der Waals surface area contributed by atoms with Gasteiger partial charge in [0.05, 0.1) is 53.8 Å². The van der Waals surface area contributed by atoms with E-state index in [4.69, 9.17) is 8.85 Å². The number of nitrogens with one attached hydrogen (secondary N) is 1. The molecular weight excluding hydrogens is 520 g/mol. The molecule has 0 amide bonds. The average Bonchev–Trinajstić information content (AvgIpc) is 3.38. The molecule has 11 nitrogen and oxygen atoms in total. The van der Waals surface area contributed by atoms with Gasteiger partial charge in [0.2, 0.25) is 21.9 Å². The van der Waals surface area contributed by atoms with E-state index in [-0.39, 0.29) is 36.2 Å². The zero-order chi connectivity index (χ0) is 29.0. The normalized spacial score (nSPS) is 20.0. The van der Waals surface area contributed by atoms with Crippen LogP contribution < -0.4 is 10.1 Å². The number of aromatic nitrogens is 6. The number of anilines is 1. The van der Waals surface area contributed by atoms with Crippen molar-refractivity contribution in [2.75, 3.05) is 38.4 Å². The molecule has 5 rings (SSSR count). The van der Waals surface area contributed by atoms with Gasteiger partial charge in [-0.1, -0.05) is 11.3 Å². The molecule has 198 valence electrons. The van der Waals surface area contributed by atoms with E-state index in [0.29, 0.717) is 15.3 Å². The Bertz CT molecular complexity index is 1700. The molecular formula is C21H22F4N8O3S. The number of alkyl halides is 3. The van der Waals surface area contributed by atoms with Crippen molar-refractivity contribution in [3.05, 3.63) is 30.2 Å². The van der Waals surface area contributed by atoms with Gasteiger partial charge in [0.1, 0.15) is 17.7 Å². The van der Waals surface area contributed by atoms with E-state index in [1.165, 1.54) is 22.9 Å². The minimum absolute atomic E-state index is 0.0990. The minimum Gasteiger partial charge on any atom is -0.479 e. The standard InChI is InChI=1S/C21H22F4N8O3S/c1-36-19-18-17(12-3-4-14-15(9-12)32(8-6-22)30-28-14)13(23)10-33(18)29-20(27-19)26-16-5-7-31(37(2,34)35)11-21(16,24)25/h3-4,9-10,16H,5-8,11H2,1-2H3,(H,26,29)/i1D3. The van der Waals surface area contributed by atoms with E-state index in [0.717, 1.165) is 17.0 Å². The van der Waals surface area contributed by atoms with Crippen molar-refractivity contribution in [3.63, 3.8) is 0 Å². The summed E-state index contributed by atoms with van der Waals surface area (Å²) in [6.07, 6.45) is 1.41. The average molecular weight is 546 g/mol. The first kappa shape index (κ1) is 21.5. The summed E-state index contributed by atoms with van der Waals surface area (Å²) < 4.78 is 112. The smallest absolute Gasteiger partial charge is 0.281 e. The van der Waals surface area contributed by atoms with Crippen LogP contribution in [0.25, 0.3) is 27.7 Å². The second-order valence-electron chi connectivity index (χ2n) is 8.54. The number of nitrogens with zero attached hydrogens (tertiary/aromatic N) is 7. The van der Waals surface area contributed by atoms with Crippen LogP contribution in [-0.4, -0.2) is 87.3 Å².